The summed E-state index contributed by atoms with van der Waals surface area (Å²) in [5.74, 6) is 2.40. The molecule has 26 heavy (non-hydrogen) atoms. The average Bonchev–Trinajstić information content (AvgIpc) is 3.16. The van der Waals surface area contributed by atoms with Crippen molar-refractivity contribution in [3.8, 4) is 0 Å². The standard InChI is InChI=1S/C19H26FN3O2S/c1-3-21-18(23-14-19(2,24)17-9-6-11-25-17)22-10-12-26-13-15-7-4-5-8-16(15)20/h4-9,11,24H,3,10,12-14H2,1-2H3,(H2,21,22,23). The Labute approximate surface area is 158 Å². The number of aliphatic hydroxyl groups is 1. The summed E-state index contributed by atoms with van der Waals surface area (Å²) in [6, 6.07) is 10.3. The van der Waals surface area contributed by atoms with E-state index in [0.29, 0.717) is 29.6 Å². The van der Waals surface area contributed by atoms with Gasteiger partial charge in [-0.05, 0) is 37.6 Å². The molecule has 1 aromatic carbocycles. The first-order valence-electron chi connectivity index (χ1n) is 8.62. The SMILES string of the molecule is CCNC(=NCC(C)(O)c1ccco1)NCCSCc1ccccc1F. The van der Waals surface area contributed by atoms with E-state index in [9.17, 15) is 9.50 Å². The third kappa shape index (κ3) is 6.38. The monoisotopic (exact) mass is 379 g/mol. The Hall–Kier alpha value is -1.99. The largest absolute Gasteiger partial charge is 0.466 e. The minimum Gasteiger partial charge on any atom is -0.466 e. The second kappa shape index (κ2) is 10.2. The predicted molar refractivity (Wildman–Crippen MR) is 105 cm³/mol. The number of aliphatic imine (C=N–C) groups is 1. The van der Waals surface area contributed by atoms with Crippen LogP contribution in [0.5, 0.6) is 0 Å². The first-order chi connectivity index (χ1) is 12.5. The van der Waals surface area contributed by atoms with Crippen molar-refractivity contribution in [3.05, 3.63) is 59.8 Å². The van der Waals surface area contributed by atoms with Crippen molar-refractivity contribution < 1.29 is 13.9 Å². The molecule has 0 aliphatic rings. The van der Waals surface area contributed by atoms with Crippen LogP contribution in [0.1, 0.15) is 25.2 Å². The summed E-state index contributed by atoms with van der Waals surface area (Å²) in [4.78, 5) is 4.43. The van der Waals surface area contributed by atoms with Gasteiger partial charge in [0.05, 0.1) is 12.8 Å². The van der Waals surface area contributed by atoms with Crippen LogP contribution in [0, 0.1) is 5.82 Å². The van der Waals surface area contributed by atoms with Gasteiger partial charge in [-0.1, -0.05) is 18.2 Å². The highest BCUT2D eigenvalue weighted by molar-refractivity contribution is 7.98. The van der Waals surface area contributed by atoms with Crippen LogP contribution >= 0.6 is 11.8 Å². The van der Waals surface area contributed by atoms with Crippen LogP contribution in [-0.2, 0) is 11.4 Å². The van der Waals surface area contributed by atoms with E-state index in [1.54, 1.807) is 43.0 Å². The van der Waals surface area contributed by atoms with E-state index in [2.05, 4.69) is 15.6 Å². The first kappa shape index (κ1) is 20.3. The number of halogens is 1. The Morgan fingerprint density at radius 2 is 2.08 bits per heavy atom. The summed E-state index contributed by atoms with van der Waals surface area (Å²) in [5.41, 5.74) is -0.446. The molecule has 0 aliphatic carbocycles. The summed E-state index contributed by atoms with van der Waals surface area (Å²) >= 11 is 1.65. The molecule has 0 spiro atoms. The van der Waals surface area contributed by atoms with Crippen LogP contribution in [0.4, 0.5) is 4.39 Å². The molecule has 1 unspecified atom stereocenters. The Bertz CT molecular complexity index is 690. The van der Waals surface area contributed by atoms with Gasteiger partial charge < -0.3 is 20.2 Å². The maximum absolute atomic E-state index is 13.6. The predicted octanol–water partition coefficient (Wildman–Crippen LogP) is 3.11. The second-order valence-corrected chi connectivity index (χ2v) is 7.12. The Balaban J connectivity index is 1.77. The molecule has 5 nitrogen and oxygen atoms in total. The Morgan fingerprint density at radius 3 is 2.77 bits per heavy atom. The van der Waals surface area contributed by atoms with E-state index in [1.807, 2.05) is 13.0 Å². The summed E-state index contributed by atoms with van der Waals surface area (Å²) < 4.78 is 18.8. The number of hydrogen-bond donors (Lipinski definition) is 3. The molecule has 0 amide bonds. The van der Waals surface area contributed by atoms with Crippen molar-refractivity contribution in [2.45, 2.75) is 25.2 Å². The van der Waals surface area contributed by atoms with Gasteiger partial charge in [-0.2, -0.15) is 11.8 Å². The van der Waals surface area contributed by atoms with Crippen LogP contribution in [0.15, 0.2) is 52.1 Å². The van der Waals surface area contributed by atoms with Gasteiger partial charge in [0.2, 0.25) is 0 Å². The van der Waals surface area contributed by atoms with E-state index >= 15 is 0 Å². The fourth-order valence-electron chi connectivity index (χ4n) is 2.28. The van der Waals surface area contributed by atoms with E-state index in [4.69, 9.17) is 4.42 Å². The number of furan rings is 1. The summed E-state index contributed by atoms with van der Waals surface area (Å²) in [7, 11) is 0. The first-order valence-corrected chi connectivity index (χ1v) is 9.78. The third-order valence-corrected chi connectivity index (χ3v) is 4.70. The number of thioether (sulfide) groups is 1. The zero-order valence-corrected chi connectivity index (χ0v) is 16.0. The van der Waals surface area contributed by atoms with Gasteiger partial charge in [-0.3, -0.25) is 0 Å². The van der Waals surface area contributed by atoms with Gasteiger partial charge in [0.25, 0.3) is 0 Å². The maximum Gasteiger partial charge on any atom is 0.191 e. The molecule has 2 aromatic rings. The van der Waals surface area contributed by atoms with Crippen molar-refractivity contribution in [1.29, 1.82) is 0 Å². The molecule has 1 aromatic heterocycles. The highest BCUT2D eigenvalue weighted by atomic mass is 32.2. The normalized spacial score (nSPS) is 14.1. The number of benzene rings is 1. The summed E-state index contributed by atoms with van der Waals surface area (Å²) in [6.45, 7) is 5.24. The molecule has 0 saturated heterocycles. The maximum atomic E-state index is 13.6. The van der Waals surface area contributed by atoms with Gasteiger partial charge in [0, 0.05) is 24.6 Å². The summed E-state index contributed by atoms with van der Waals surface area (Å²) in [5, 5.41) is 16.8. The molecular formula is C19H26FN3O2S. The summed E-state index contributed by atoms with van der Waals surface area (Å²) in [6.07, 6.45) is 1.53. The van der Waals surface area contributed by atoms with E-state index in [-0.39, 0.29) is 12.4 Å². The topological polar surface area (TPSA) is 69.8 Å². The lowest BCUT2D eigenvalue weighted by Gasteiger charge is -2.19. The lowest BCUT2D eigenvalue weighted by molar-refractivity contribution is 0.0437. The van der Waals surface area contributed by atoms with Crippen molar-refractivity contribution in [3.63, 3.8) is 0 Å². The lowest BCUT2D eigenvalue weighted by Crippen LogP contribution is -2.39. The van der Waals surface area contributed by atoms with Gasteiger partial charge in [0.1, 0.15) is 17.2 Å². The number of guanidine groups is 1. The molecule has 2 rings (SSSR count). The molecule has 3 N–H and O–H groups in total. The zero-order valence-electron chi connectivity index (χ0n) is 15.2. The Kier molecular flexibility index (Phi) is 8.00. The quantitative estimate of drug-likeness (QED) is 0.355. The molecule has 142 valence electrons. The van der Waals surface area contributed by atoms with Crippen molar-refractivity contribution >= 4 is 17.7 Å². The van der Waals surface area contributed by atoms with Gasteiger partial charge in [-0.25, -0.2) is 9.38 Å². The average molecular weight is 380 g/mol. The molecule has 0 saturated carbocycles. The van der Waals surface area contributed by atoms with Gasteiger partial charge in [0.15, 0.2) is 5.96 Å². The number of nitrogens with zero attached hydrogens (tertiary/aromatic N) is 1. The molecule has 7 heteroatoms. The van der Waals surface area contributed by atoms with Crippen molar-refractivity contribution in [1.82, 2.24) is 10.6 Å². The smallest absolute Gasteiger partial charge is 0.191 e. The van der Waals surface area contributed by atoms with Crippen LogP contribution in [0.2, 0.25) is 0 Å². The van der Waals surface area contributed by atoms with E-state index < -0.39 is 5.60 Å². The second-order valence-electron chi connectivity index (χ2n) is 6.02. The van der Waals surface area contributed by atoms with E-state index in [1.165, 1.54) is 12.3 Å². The number of nitrogens with one attached hydrogen (secondary N) is 2. The molecule has 0 bridgehead atoms. The Morgan fingerprint density at radius 1 is 1.27 bits per heavy atom. The molecule has 1 heterocycles. The molecule has 0 fully saturated rings. The van der Waals surface area contributed by atoms with Gasteiger partial charge >= 0.3 is 0 Å². The van der Waals surface area contributed by atoms with Crippen LogP contribution < -0.4 is 10.6 Å². The molecule has 0 radical (unpaired) electrons. The van der Waals surface area contributed by atoms with Crippen molar-refractivity contribution in [2.24, 2.45) is 4.99 Å². The fraction of sp³-hybridized carbons (Fsp3) is 0.421. The fourth-order valence-corrected chi connectivity index (χ4v) is 3.12. The van der Waals surface area contributed by atoms with Crippen LogP contribution in [0.3, 0.4) is 0 Å². The molecule has 1 atom stereocenters. The van der Waals surface area contributed by atoms with Crippen LogP contribution in [-0.4, -0.2) is 36.5 Å². The molecule has 0 aliphatic heterocycles. The lowest BCUT2D eigenvalue weighted by atomic mass is 10.0. The van der Waals surface area contributed by atoms with Crippen LogP contribution in [0.25, 0.3) is 0 Å². The highest BCUT2D eigenvalue weighted by Gasteiger charge is 2.25. The minimum absolute atomic E-state index is 0.164. The number of rotatable bonds is 9. The van der Waals surface area contributed by atoms with E-state index in [0.717, 1.165) is 12.3 Å². The zero-order chi connectivity index (χ0) is 18.8. The van der Waals surface area contributed by atoms with Crippen molar-refractivity contribution in [2.75, 3.05) is 25.4 Å². The number of hydrogen-bond acceptors (Lipinski definition) is 4. The third-order valence-electron chi connectivity index (χ3n) is 3.70. The van der Waals surface area contributed by atoms with Gasteiger partial charge in [-0.15, -0.1) is 0 Å². The molecular weight excluding hydrogens is 353 g/mol. The highest BCUT2D eigenvalue weighted by Crippen LogP contribution is 2.21. The minimum atomic E-state index is -1.16.